The lowest BCUT2D eigenvalue weighted by Gasteiger charge is -2.10. The number of ether oxygens (including phenoxy) is 2. The summed E-state index contributed by atoms with van der Waals surface area (Å²) in [5, 5.41) is 3.40. The third-order valence-electron chi connectivity index (χ3n) is 4.00. The zero-order valence-corrected chi connectivity index (χ0v) is 14.7. The van der Waals surface area contributed by atoms with E-state index in [1.807, 2.05) is 36.4 Å². The van der Waals surface area contributed by atoms with Gasteiger partial charge in [0.1, 0.15) is 18.1 Å². The smallest absolute Gasteiger partial charge is 0.119 e. The molecule has 0 saturated heterocycles. The molecular formula is C22H23NO2. The number of nitrogens with one attached hydrogen (secondary N) is 1. The van der Waals surface area contributed by atoms with Crippen molar-refractivity contribution in [1.82, 2.24) is 0 Å². The van der Waals surface area contributed by atoms with Crippen molar-refractivity contribution in [3.63, 3.8) is 0 Å². The summed E-state index contributed by atoms with van der Waals surface area (Å²) in [6.45, 7) is 3.45. The summed E-state index contributed by atoms with van der Waals surface area (Å²) >= 11 is 0. The number of benzene rings is 3. The van der Waals surface area contributed by atoms with Gasteiger partial charge in [-0.25, -0.2) is 0 Å². The second kappa shape index (κ2) is 8.25. The summed E-state index contributed by atoms with van der Waals surface area (Å²) in [5.74, 6) is 1.75. The van der Waals surface area contributed by atoms with Gasteiger partial charge < -0.3 is 14.8 Å². The molecule has 3 nitrogen and oxygen atoms in total. The molecule has 0 aromatic heterocycles. The lowest BCUT2D eigenvalue weighted by molar-refractivity contribution is 0.306. The minimum atomic E-state index is 0.588. The quantitative estimate of drug-likeness (QED) is 0.645. The second-order valence-corrected chi connectivity index (χ2v) is 6.00. The molecule has 0 radical (unpaired) electrons. The molecule has 0 aliphatic heterocycles. The van der Waals surface area contributed by atoms with Gasteiger partial charge >= 0.3 is 0 Å². The first-order valence-corrected chi connectivity index (χ1v) is 8.38. The fourth-order valence-corrected chi connectivity index (χ4v) is 2.59. The summed E-state index contributed by atoms with van der Waals surface area (Å²) in [4.78, 5) is 0. The summed E-state index contributed by atoms with van der Waals surface area (Å²) < 4.78 is 11.0. The molecule has 0 atom stereocenters. The number of hydrogen-bond donors (Lipinski definition) is 1. The average molecular weight is 333 g/mol. The lowest BCUT2D eigenvalue weighted by Crippen LogP contribution is -2.00. The first-order valence-electron chi connectivity index (χ1n) is 8.38. The van der Waals surface area contributed by atoms with Crippen LogP contribution in [0.5, 0.6) is 11.5 Å². The fourth-order valence-electron chi connectivity index (χ4n) is 2.59. The molecule has 0 fully saturated rings. The van der Waals surface area contributed by atoms with E-state index in [4.69, 9.17) is 9.47 Å². The predicted molar refractivity (Wildman–Crippen MR) is 102 cm³/mol. The molecule has 3 aromatic carbocycles. The molecule has 3 heteroatoms. The van der Waals surface area contributed by atoms with Gasteiger partial charge in [-0.3, -0.25) is 0 Å². The Morgan fingerprint density at radius 2 is 1.52 bits per heavy atom. The average Bonchev–Trinajstić information content (AvgIpc) is 2.66. The first kappa shape index (κ1) is 16.9. The van der Waals surface area contributed by atoms with Crippen LogP contribution in [0.25, 0.3) is 0 Å². The minimum Gasteiger partial charge on any atom is -0.497 e. The Labute approximate surface area is 149 Å². The Morgan fingerprint density at radius 3 is 2.20 bits per heavy atom. The van der Waals surface area contributed by atoms with E-state index in [1.54, 1.807) is 7.11 Å². The largest absolute Gasteiger partial charge is 0.497 e. The fraction of sp³-hybridized carbons (Fsp3) is 0.182. The van der Waals surface area contributed by atoms with E-state index in [1.165, 1.54) is 16.7 Å². The Kier molecular flexibility index (Phi) is 5.57. The molecule has 3 rings (SSSR count). The van der Waals surface area contributed by atoms with Crippen molar-refractivity contribution in [3.8, 4) is 11.5 Å². The van der Waals surface area contributed by atoms with Gasteiger partial charge in [-0.05, 0) is 54.4 Å². The molecule has 0 unspecified atom stereocenters. The first-order chi connectivity index (χ1) is 12.2. The van der Waals surface area contributed by atoms with Crippen molar-refractivity contribution in [3.05, 3.63) is 89.5 Å². The number of anilines is 1. The van der Waals surface area contributed by atoms with E-state index in [2.05, 4.69) is 48.6 Å². The van der Waals surface area contributed by atoms with Gasteiger partial charge in [0, 0.05) is 12.2 Å². The Morgan fingerprint density at radius 1 is 0.800 bits per heavy atom. The maximum Gasteiger partial charge on any atom is 0.119 e. The van der Waals surface area contributed by atoms with Gasteiger partial charge in [0.15, 0.2) is 0 Å². The van der Waals surface area contributed by atoms with Gasteiger partial charge in [0.25, 0.3) is 0 Å². The van der Waals surface area contributed by atoms with Crippen molar-refractivity contribution in [1.29, 1.82) is 0 Å². The highest BCUT2D eigenvalue weighted by atomic mass is 16.5. The van der Waals surface area contributed by atoms with Crippen LogP contribution in [0, 0.1) is 6.92 Å². The van der Waals surface area contributed by atoms with Gasteiger partial charge in [-0.1, -0.05) is 42.0 Å². The molecule has 25 heavy (non-hydrogen) atoms. The highest BCUT2D eigenvalue weighted by molar-refractivity contribution is 5.47. The van der Waals surface area contributed by atoms with Crippen molar-refractivity contribution in [2.24, 2.45) is 0 Å². The van der Waals surface area contributed by atoms with Crippen LogP contribution in [0.4, 0.5) is 5.69 Å². The van der Waals surface area contributed by atoms with Crippen molar-refractivity contribution in [2.45, 2.75) is 20.1 Å². The van der Waals surface area contributed by atoms with Crippen molar-refractivity contribution < 1.29 is 9.47 Å². The summed E-state index contributed by atoms with van der Waals surface area (Å²) in [5.41, 5.74) is 4.71. The molecule has 0 heterocycles. The van der Waals surface area contributed by atoms with Gasteiger partial charge in [-0.15, -0.1) is 0 Å². The zero-order chi connectivity index (χ0) is 17.5. The monoisotopic (exact) mass is 333 g/mol. The number of rotatable bonds is 7. The van der Waals surface area contributed by atoms with E-state index in [0.717, 1.165) is 23.7 Å². The van der Waals surface area contributed by atoms with E-state index >= 15 is 0 Å². The molecule has 0 bridgehead atoms. The SMILES string of the molecule is COc1ccc(NCc2ccc(OCc3cccc(C)c3)cc2)cc1. The van der Waals surface area contributed by atoms with Gasteiger partial charge in [0.05, 0.1) is 7.11 Å². The molecule has 3 aromatic rings. The number of methoxy groups -OCH3 is 1. The van der Waals surface area contributed by atoms with Crippen LogP contribution in [-0.4, -0.2) is 7.11 Å². The van der Waals surface area contributed by atoms with Crippen LogP contribution in [0.2, 0.25) is 0 Å². The normalized spacial score (nSPS) is 10.3. The summed E-state index contributed by atoms with van der Waals surface area (Å²) in [7, 11) is 1.67. The Bertz CT molecular complexity index is 795. The van der Waals surface area contributed by atoms with Crippen LogP contribution in [0.15, 0.2) is 72.8 Å². The molecular weight excluding hydrogens is 310 g/mol. The van der Waals surface area contributed by atoms with Gasteiger partial charge in [-0.2, -0.15) is 0 Å². The number of hydrogen-bond acceptors (Lipinski definition) is 3. The standard InChI is InChI=1S/C22H23NO2/c1-17-4-3-5-19(14-17)16-25-22-10-6-18(7-11-22)15-23-20-8-12-21(24-2)13-9-20/h3-14,23H,15-16H2,1-2H3. The highest BCUT2D eigenvalue weighted by Crippen LogP contribution is 2.18. The molecule has 1 N–H and O–H groups in total. The maximum atomic E-state index is 5.86. The van der Waals surface area contributed by atoms with Crippen LogP contribution >= 0.6 is 0 Å². The van der Waals surface area contributed by atoms with Crippen LogP contribution in [0.1, 0.15) is 16.7 Å². The van der Waals surface area contributed by atoms with Crippen molar-refractivity contribution in [2.75, 3.05) is 12.4 Å². The highest BCUT2D eigenvalue weighted by Gasteiger charge is 1.99. The summed E-state index contributed by atoms with van der Waals surface area (Å²) in [6, 6.07) is 24.5. The Balaban J connectivity index is 1.51. The van der Waals surface area contributed by atoms with E-state index in [0.29, 0.717) is 6.61 Å². The third-order valence-corrected chi connectivity index (χ3v) is 4.00. The topological polar surface area (TPSA) is 30.5 Å². The molecule has 0 saturated carbocycles. The van der Waals surface area contributed by atoms with Crippen LogP contribution in [0.3, 0.4) is 0 Å². The lowest BCUT2D eigenvalue weighted by atomic mass is 10.1. The molecule has 0 spiro atoms. The van der Waals surface area contributed by atoms with Crippen molar-refractivity contribution >= 4 is 5.69 Å². The summed E-state index contributed by atoms with van der Waals surface area (Å²) in [6.07, 6.45) is 0. The zero-order valence-electron chi connectivity index (χ0n) is 14.7. The predicted octanol–water partition coefficient (Wildman–Crippen LogP) is 5.19. The van der Waals surface area contributed by atoms with E-state index in [-0.39, 0.29) is 0 Å². The van der Waals surface area contributed by atoms with Crippen LogP contribution < -0.4 is 14.8 Å². The third kappa shape index (κ3) is 5.01. The molecule has 0 aliphatic rings. The number of aryl methyl sites for hydroxylation is 1. The minimum absolute atomic E-state index is 0.588. The van der Waals surface area contributed by atoms with E-state index in [9.17, 15) is 0 Å². The van der Waals surface area contributed by atoms with Crippen LogP contribution in [-0.2, 0) is 13.2 Å². The molecule has 128 valence electrons. The molecule has 0 amide bonds. The maximum absolute atomic E-state index is 5.86. The molecule has 0 aliphatic carbocycles. The van der Waals surface area contributed by atoms with Gasteiger partial charge in [0.2, 0.25) is 0 Å². The second-order valence-electron chi connectivity index (χ2n) is 6.00. The Hall–Kier alpha value is -2.94. The van der Waals surface area contributed by atoms with E-state index < -0.39 is 0 Å².